The first-order valence-electron chi connectivity index (χ1n) is 21.5. The lowest BCUT2D eigenvalue weighted by molar-refractivity contribution is -0.157. The van der Waals surface area contributed by atoms with E-state index in [0.29, 0.717) is 45.5 Å². The Hall–Kier alpha value is -5.18. The van der Waals surface area contributed by atoms with Crippen LogP contribution in [0.5, 0.6) is 0 Å². The van der Waals surface area contributed by atoms with Crippen LogP contribution < -0.4 is 10.6 Å². The van der Waals surface area contributed by atoms with Crippen LogP contribution in [-0.2, 0) is 33.3 Å². The van der Waals surface area contributed by atoms with Crippen LogP contribution in [-0.4, -0.2) is 114 Å². The molecule has 0 aromatic heterocycles. The van der Waals surface area contributed by atoms with Crippen LogP contribution in [0.25, 0.3) is 11.1 Å². The van der Waals surface area contributed by atoms with Gasteiger partial charge in [-0.25, -0.2) is 14.4 Å². The van der Waals surface area contributed by atoms with Gasteiger partial charge in [-0.05, 0) is 123 Å². The lowest BCUT2D eigenvalue weighted by Gasteiger charge is -2.38. The second-order valence-corrected chi connectivity index (χ2v) is 18.9. The first-order valence-corrected chi connectivity index (χ1v) is 21.5. The number of nitrogens with one attached hydrogen (secondary N) is 2. The fourth-order valence-electron chi connectivity index (χ4n) is 7.87. The normalized spacial score (nSPS) is 18.0. The summed E-state index contributed by atoms with van der Waals surface area (Å²) in [5.74, 6) is -1.09. The summed E-state index contributed by atoms with van der Waals surface area (Å²) in [5.41, 5.74) is 2.02. The smallest absolute Gasteiger partial charge is 0.437 e. The molecule has 3 aliphatic rings. The van der Waals surface area contributed by atoms with E-state index >= 15 is 0 Å². The first-order chi connectivity index (χ1) is 28.7. The molecule has 15 nitrogen and oxygen atoms in total. The summed E-state index contributed by atoms with van der Waals surface area (Å²) in [6.45, 7) is 17.5. The topological polar surface area (TPSA) is 174 Å². The van der Waals surface area contributed by atoms with Crippen LogP contribution in [0.2, 0.25) is 0 Å². The third-order valence-electron chi connectivity index (χ3n) is 10.4. The minimum absolute atomic E-state index is 0.0472. The molecule has 2 atom stereocenters. The Morgan fingerprint density at radius 2 is 1.33 bits per heavy atom. The average Bonchev–Trinajstić information content (AvgIpc) is 3.48. The number of esters is 1. The van der Waals surface area contributed by atoms with Crippen LogP contribution in [0.4, 0.5) is 14.4 Å². The van der Waals surface area contributed by atoms with Gasteiger partial charge in [-0.1, -0.05) is 48.5 Å². The standard InChI is InChI=1S/C46H65N5O10/c1-44(2,3)59-38(52)28-37(47-41(54)58-29-36-34-19-12-10-17-32(34)33-18-11-13-20-35(33)36)39(53)51-24-15-14-16-30(51)23-27-57-31-21-25-50(26-22-31)40(48-42(55)60-45(4,5)6)49-43(56)61-46(7,8)9/h10-13,17-20,30-31,36-37H,14-16,21-29H2,1-9H3,(H,47,54)(H,48,49,55,56)/t30-,37+/m1/s1. The molecule has 0 spiro atoms. The molecule has 2 N–H and O–H groups in total. The first kappa shape index (κ1) is 46.9. The number of aliphatic imine (C=N–C) groups is 1. The number of carbonyl (C=O) groups excluding carboxylic acids is 5. The van der Waals surface area contributed by atoms with Gasteiger partial charge in [0.2, 0.25) is 11.9 Å². The van der Waals surface area contributed by atoms with Crippen LogP contribution in [0.15, 0.2) is 53.5 Å². The third-order valence-corrected chi connectivity index (χ3v) is 10.4. The zero-order valence-electron chi connectivity index (χ0n) is 37.3. The lowest BCUT2D eigenvalue weighted by Crippen LogP contribution is -2.54. The van der Waals surface area contributed by atoms with E-state index in [1.54, 1.807) is 72.1 Å². The number of rotatable bonds is 10. The van der Waals surface area contributed by atoms with E-state index in [-0.39, 0.29) is 43.0 Å². The largest absolute Gasteiger partial charge is 0.460 e. The minimum Gasteiger partial charge on any atom is -0.460 e. The second-order valence-electron chi connectivity index (χ2n) is 18.9. The number of nitrogens with zero attached hydrogens (tertiary/aromatic N) is 3. The summed E-state index contributed by atoms with van der Waals surface area (Å²) in [6, 6.07) is 14.7. The molecule has 2 fully saturated rings. The summed E-state index contributed by atoms with van der Waals surface area (Å²) in [4.78, 5) is 73.8. The lowest BCUT2D eigenvalue weighted by atomic mass is 9.97. The van der Waals surface area contributed by atoms with Crippen molar-refractivity contribution in [2.45, 2.75) is 148 Å². The maximum absolute atomic E-state index is 14.3. The van der Waals surface area contributed by atoms with Crippen LogP contribution in [0.3, 0.4) is 0 Å². The Kier molecular flexibility index (Phi) is 15.5. The van der Waals surface area contributed by atoms with E-state index in [2.05, 4.69) is 27.8 Å². The maximum atomic E-state index is 14.3. The highest BCUT2D eigenvalue weighted by atomic mass is 16.6. The number of carbonyl (C=O) groups is 5. The van der Waals surface area contributed by atoms with Crippen molar-refractivity contribution in [3.63, 3.8) is 0 Å². The fourth-order valence-corrected chi connectivity index (χ4v) is 7.87. The van der Waals surface area contributed by atoms with Gasteiger partial charge in [0, 0.05) is 38.2 Å². The molecular formula is C46H65N5O10. The average molecular weight is 848 g/mol. The minimum atomic E-state index is -1.19. The maximum Gasteiger partial charge on any atom is 0.437 e. The molecule has 4 amide bonds. The van der Waals surface area contributed by atoms with Gasteiger partial charge < -0.3 is 38.8 Å². The molecule has 15 heteroatoms. The summed E-state index contributed by atoms with van der Waals surface area (Å²) >= 11 is 0. The van der Waals surface area contributed by atoms with Crippen molar-refractivity contribution in [2.75, 3.05) is 32.8 Å². The van der Waals surface area contributed by atoms with E-state index in [1.165, 1.54) is 0 Å². The van der Waals surface area contributed by atoms with Crippen molar-refractivity contribution in [3.8, 4) is 11.1 Å². The molecule has 2 aromatic carbocycles. The second kappa shape index (κ2) is 20.1. The molecular weight excluding hydrogens is 783 g/mol. The number of hydrogen-bond donors (Lipinski definition) is 2. The van der Waals surface area contributed by atoms with Crippen LogP contribution in [0, 0.1) is 0 Å². The molecule has 2 saturated heterocycles. The molecule has 0 saturated carbocycles. The monoisotopic (exact) mass is 847 g/mol. The molecule has 5 rings (SSSR count). The highest BCUT2D eigenvalue weighted by Crippen LogP contribution is 2.44. The highest BCUT2D eigenvalue weighted by Gasteiger charge is 2.36. The van der Waals surface area contributed by atoms with Crippen LogP contribution >= 0.6 is 0 Å². The van der Waals surface area contributed by atoms with E-state index < -0.39 is 47.1 Å². The third kappa shape index (κ3) is 14.2. The number of hydrogen-bond acceptors (Lipinski definition) is 10. The Bertz CT molecular complexity index is 1860. The van der Waals surface area contributed by atoms with E-state index in [4.69, 9.17) is 23.7 Å². The van der Waals surface area contributed by atoms with E-state index in [9.17, 15) is 24.0 Å². The summed E-state index contributed by atoms with van der Waals surface area (Å²) in [6.07, 6.45) is 1.41. The molecule has 0 unspecified atom stereocenters. The van der Waals surface area contributed by atoms with Gasteiger partial charge in [0.25, 0.3) is 0 Å². The molecule has 1 aliphatic carbocycles. The Balaban J connectivity index is 1.18. The van der Waals surface area contributed by atoms with Crippen molar-refractivity contribution >= 4 is 36.1 Å². The number of guanidine groups is 1. The molecule has 2 heterocycles. The zero-order valence-corrected chi connectivity index (χ0v) is 37.3. The predicted octanol–water partition coefficient (Wildman–Crippen LogP) is 7.69. The predicted molar refractivity (Wildman–Crippen MR) is 230 cm³/mol. The Labute approximate surface area is 360 Å². The number of alkyl carbamates (subject to hydrolysis) is 2. The molecule has 334 valence electrons. The van der Waals surface area contributed by atoms with Crippen molar-refractivity contribution in [1.29, 1.82) is 0 Å². The summed E-state index contributed by atoms with van der Waals surface area (Å²) in [7, 11) is 0. The number of fused-ring (bicyclic) bond motifs is 3. The van der Waals surface area contributed by atoms with Gasteiger partial charge in [0.1, 0.15) is 29.5 Å². The molecule has 2 aliphatic heterocycles. The Morgan fingerprint density at radius 3 is 1.92 bits per heavy atom. The van der Waals surface area contributed by atoms with Crippen molar-refractivity contribution in [3.05, 3.63) is 59.7 Å². The number of ether oxygens (including phenoxy) is 5. The van der Waals surface area contributed by atoms with Gasteiger partial charge in [0.15, 0.2) is 0 Å². The van der Waals surface area contributed by atoms with Gasteiger partial charge in [-0.15, -0.1) is 4.99 Å². The summed E-state index contributed by atoms with van der Waals surface area (Å²) < 4.78 is 28.5. The van der Waals surface area contributed by atoms with Gasteiger partial charge in [0.05, 0.1) is 12.5 Å². The summed E-state index contributed by atoms with van der Waals surface area (Å²) in [5, 5.41) is 5.35. The van der Waals surface area contributed by atoms with Crippen molar-refractivity contribution < 1.29 is 47.7 Å². The number of benzene rings is 2. The fraction of sp³-hybridized carbons (Fsp3) is 0.609. The quantitative estimate of drug-likeness (QED) is 0.104. The SMILES string of the molecule is CC(C)(C)OC(=O)C[C@H](NC(=O)OCC1c2ccccc2-c2ccccc21)C(=O)N1CCCC[C@@H]1CCOC1CCN(C(=NC(=O)OC(C)(C)C)NC(=O)OC(C)(C)C)CC1. The van der Waals surface area contributed by atoms with Gasteiger partial charge in [-0.3, -0.25) is 14.9 Å². The van der Waals surface area contributed by atoms with E-state index in [0.717, 1.165) is 41.5 Å². The highest BCUT2D eigenvalue weighted by molar-refractivity contribution is 5.99. The molecule has 2 aromatic rings. The van der Waals surface area contributed by atoms with Crippen molar-refractivity contribution in [2.24, 2.45) is 4.99 Å². The van der Waals surface area contributed by atoms with Crippen molar-refractivity contribution in [1.82, 2.24) is 20.4 Å². The number of amides is 4. The molecule has 61 heavy (non-hydrogen) atoms. The molecule has 0 bridgehead atoms. The number of piperidine rings is 2. The van der Waals surface area contributed by atoms with Gasteiger partial charge in [-0.2, -0.15) is 0 Å². The number of likely N-dealkylation sites (tertiary alicyclic amines) is 2. The van der Waals surface area contributed by atoms with E-state index in [1.807, 2.05) is 36.4 Å². The Morgan fingerprint density at radius 1 is 0.738 bits per heavy atom. The van der Waals surface area contributed by atoms with Gasteiger partial charge >= 0.3 is 24.2 Å². The molecule has 0 radical (unpaired) electrons. The zero-order chi connectivity index (χ0) is 44.5. The van der Waals surface area contributed by atoms with Crippen LogP contribution in [0.1, 0.15) is 124 Å².